The highest BCUT2D eigenvalue weighted by molar-refractivity contribution is 5.70. The number of aromatic amines is 1. The van der Waals surface area contributed by atoms with Crippen LogP contribution in [0.2, 0.25) is 0 Å². The summed E-state index contributed by atoms with van der Waals surface area (Å²) in [5.41, 5.74) is -0.218. The van der Waals surface area contributed by atoms with E-state index in [1.165, 1.54) is 11.5 Å². The normalized spacial score (nSPS) is 17.2. The van der Waals surface area contributed by atoms with E-state index in [0.29, 0.717) is 23.6 Å². The average Bonchev–Trinajstić information content (AvgIpc) is 3.16. The summed E-state index contributed by atoms with van der Waals surface area (Å²) in [5, 5.41) is 0. The SMILES string of the molecule is CCCn1c(=O)n(CC(C)F)c(=O)c2[nH]c(C3CCCC3)nc21. The van der Waals surface area contributed by atoms with Crippen molar-refractivity contribution in [1.29, 1.82) is 0 Å². The van der Waals surface area contributed by atoms with E-state index in [2.05, 4.69) is 9.97 Å². The molecule has 1 aliphatic rings. The second-order valence-corrected chi connectivity index (χ2v) is 6.43. The summed E-state index contributed by atoms with van der Waals surface area (Å²) in [6, 6.07) is 0. The summed E-state index contributed by atoms with van der Waals surface area (Å²) in [4.78, 5) is 32.8. The zero-order valence-electron chi connectivity index (χ0n) is 13.6. The fraction of sp³-hybridized carbons (Fsp3) is 0.688. The molecule has 0 bridgehead atoms. The molecule has 0 saturated heterocycles. The molecule has 3 rings (SSSR count). The molecule has 7 heteroatoms. The number of halogens is 1. The quantitative estimate of drug-likeness (QED) is 0.918. The third-order valence-corrected chi connectivity index (χ3v) is 4.50. The largest absolute Gasteiger partial charge is 0.336 e. The van der Waals surface area contributed by atoms with Crippen LogP contribution in [0.1, 0.15) is 57.7 Å². The lowest BCUT2D eigenvalue weighted by Gasteiger charge is -2.10. The standard InChI is InChI=1S/C16H23FN4O2/c1-3-8-20-14-12(15(22)21(16(20)23)9-10(2)17)18-13(19-14)11-6-4-5-7-11/h10-11H,3-9H2,1-2H3,(H,18,19). The summed E-state index contributed by atoms with van der Waals surface area (Å²) in [7, 11) is 0. The highest BCUT2D eigenvalue weighted by Gasteiger charge is 2.24. The van der Waals surface area contributed by atoms with E-state index in [9.17, 15) is 14.0 Å². The molecule has 2 heterocycles. The molecule has 126 valence electrons. The van der Waals surface area contributed by atoms with Gasteiger partial charge in [-0.2, -0.15) is 0 Å². The number of nitrogens with zero attached hydrogens (tertiary/aromatic N) is 3. The second kappa shape index (κ2) is 6.29. The predicted octanol–water partition coefficient (Wildman–Crippen LogP) is 2.31. The first-order valence-corrected chi connectivity index (χ1v) is 8.40. The molecule has 0 spiro atoms. The van der Waals surface area contributed by atoms with Gasteiger partial charge in [0.1, 0.15) is 17.5 Å². The van der Waals surface area contributed by atoms with Crippen molar-refractivity contribution < 1.29 is 4.39 Å². The van der Waals surface area contributed by atoms with Crippen LogP contribution >= 0.6 is 0 Å². The minimum absolute atomic E-state index is 0.227. The third kappa shape index (κ3) is 2.84. The van der Waals surface area contributed by atoms with Crippen molar-refractivity contribution >= 4 is 11.2 Å². The van der Waals surface area contributed by atoms with Crippen molar-refractivity contribution in [3.63, 3.8) is 0 Å². The van der Waals surface area contributed by atoms with Crippen molar-refractivity contribution in [1.82, 2.24) is 19.1 Å². The lowest BCUT2D eigenvalue weighted by atomic mass is 10.1. The van der Waals surface area contributed by atoms with Gasteiger partial charge in [-0.05, 0) is 26.2 Å². The number of H-pyrrole nitrogens is 1. The summed E-state index contributed by atoms with van der Waals surface area (Å²) in [6.07, 6.45) is 3.90. The first-order valence-electron chi connectivity index (χ1n) is 8.40. The van der Waals surface area contributed by atoms with Gasteiger partial charge in [0.05, 0.1) is 6.54 Å². The van der Waals surface area contributed by atoms with Crippen LogP contribution in [0.5, 0.6) is 0 Å². The minimum Gasteiger partial charge on any atom is -0.336 e. The molecule has 1 unspecified atom stereocenters. The van der Waals surface area contributed by atoms with Crippen molar-refractivity contribution in [3.05, 3.63) is 26.7 Å². The molecule has 0 aromatic carbocycles. The van der Waals surface area contributed by atoms with E-state index < -0.39 is 17.4 Å². The van der Waals surface area contributed by atoms with E-state index in [0.717, 1.165) is 42.5 Å². The number of alkyl halides is 1. The Bertz CT molecular complexity index is 812. The average molecular weight is 322 g/mol. The minimum atomic E-state index is -1.26. The molecule has 1 N–H and O–H groups in total. The van der Waals surface area contributed by atoms with Crippen LogP contribution in [0.3, 0.4) is 0 Å². The Kier molecular flexibility index (Phi) is 4.37. The van der Waals surface area contributed by atoms with E-state index in [1.807, 2.05) is 6.92 Å². The number of aryl methyl sites for hydroxylation is 1. The molecule has 0 amide bonds. The Balaban J connectivity index is 2.22. The molecule has 0 radical (unpaired) electrons. The monoisotopic (exact) mass is 322 g/mol. The van der Waals surface area contributed by atoms with Crippen LogP contribution in [0.25, 0.3) is 11.2 Å². The molecular formula is C16H23FN4O2. The molecule has 0 aliphatic heterocycles. The molecule has 2 aromatic rings. The number of aromatic nitrogens is 4. The van der Waals surface area contributed by atoms with E-state index in [1.54, 1.807) is 0 Å². The van der Waals surface area contributed by atoms with Gasteiger partial charge in [-0.3, -0.25) is 13.9 Å². The topological polar surface area (TPSA) is 72.7 Å². The maximum atomic E-state index is 13.4. The van der Waals surface area contributed by atoms with Gasteiger partial charge in [0, 0.05) is 12.5 Å². The van der Waals surface area contributed by atoms with Crippen LogP contribution in [0, 0.1) is 0 Å². The van der Waals surface area contributed by atoms with Gasteiger partial charge in [-0.1, -0.05) is 19.8 Å². The number of rotatable bonds is 5. The Labute approximate surface area is 133 Å². The third-order valence-electron chi connectivity index (χ3n) is 4.50. The summed E-state index contributed by atoms with van der Waals surface area (Å²) < 4.78 is 15.9. The number of nitrogens with one attached hydrogen (secondary N) is 1. The molecule has 1 fully saturated rings. The predicted molar refractivity (Wildman–Crippen MR) is 86.7 cm³/mol. The molecule has 1 aliphatic carbocycles. The number of hydrogen-bond donors (Lipinski definition) is 1. The van der Waals surface area contributed by atoms with Gasteiger partial charge in [0.2, 0.25) is 0 Å². The highest BCUT2D eigenvalue weighted by Crippen LogP contribution is 2.32. The number of imidazole rings is 1. The van der Waals surface area contributed by atoms with Gasteiger partial charge >= 0.3 is 5.69 Å². The fourth-order valence-corrected chi connectivity index (χ4v) is 3.41. The van der Waals surface area contributed by atoms with Gasteiger partial charge in [-0.15, -0.1) is 0 Å². The molecule has 23 heavy (non-hydrogen) atoms. The highest BCUT2D eigenvalue weighted by atomic mass is 19.1. The molecule has 1 atom stereocenters. The molecule has 1 saturated carbocycles. The summed E-state index contributed by atoms with van der Waals surface area (Å²) in [5.74, 6) is 1.10. The van der Waals surface area contributed by atoms with Crippen molar-refractivity contribution in [2.45, 2.75) is 71.1 Å². The molecule has 6 nitrogen and oxygen atoms in total. The summed E-state index contributed by atoms with van der Waals surface area (Å²) in [6.45, 7) is 3.54. The lowest BCUT2D eigenvalue weighted by Crippen LogP contribution is -2.41. The molecule has 2 aromatic heterocycles. The number of hydrogen-bond acceptors (Lipinski definition) is 3. The van der Waals surface area contributed by atoms with Gasteiger partial charge in [-0.25, -0.2) is 14.2 Å². The van der Waals surface area contributed by atoms with E-state index in [-0.39, 0.29) is 6.54 Å². The maximum absolute atomic E-state index is 13.4. The number of fused-ring (bicyclic) bond motifs is 1. The Morgan fingerprint density at radius 3 is 2.61 bits per heavy atom. The Morgan fingerprint density at radius 2 is 2.00 bits per heavy atom. The Morgan fingerprint density at radius 1 is 1.30 bits per heavy atom. The first-order chi connectivity index (χ1) is 11.0. The first kappa shape index (κ1) is 16.0. The van der Waals surface area contributed by atoms with Crippen LogP contribution in [-0.2, 0) is 13.1 Å². The van der Waals surface area contributed by atoms with Crippen LogP contribution in [0.4, 0.5) is 4.39 Å². The van der Waals surface area contributed by atoms with Crippen LogP contribution < -0.4 is 11.2 Å². The van der Waals surface area contributed by atoms with Crippen LogP contribution in [-0.4, -0.2) is 25.3 Å². The van der Waals surface area contributed by atoms with Gasteiger partial charge in [0.25, 0.3) is 5.56 Å². The van der Waals surface area contributed by atoms with Crippen molar-refractivity contribution in [2.24, 2.45) is 0 Å². The summed E-state index contributed by atoms with van der Waals surface area (Å²) >= 11 is 0. The Hall–Kier alpha value is -1.92. The van der Waals surface area contributed by atoms with Gasteiger partial charge < -0.3 is 4.98 Å². The zero-order valence-corrected chi connectivity index (χ0v) is 13.6. The smallest absolute Gasteiger partial charge is 0.332 e. The van der Waals surface area contributed by atoms with Crippen LogP contribution in [0.15, 0.2) is 9.59 Å². The van der Waals surface area contributed by atoms with E-state index in [4.69, 9.17) is 0 Å². The van der Waals surface area contributed by atoms with Gasteiger partial charge in [0.15, 0.2) is 5.65 Å². The fourth-order valence-electron chi connectivity index (χ4n) is 3.41. The van der Waals surface area contributed by atoms with Crippen molar-refractivity contribution in [3.8, 4) is 0 Å². The zero-order chi connectivity index (χ0) is 16.6. The second-order valence-electron chi connectivity index (χ2n) is 6.43. The maximum Gasteiger partial charge on any atom is 0.332 e. The van der Waals surface area contributed by atoms with Crippen molar-refractivity contribution in [2.75, 3.05) is 0 Å². The van der Waals surface area contributed by atoms with E-state index >= 15 is 0 Å². The molecular weight excluding hydrogens is 299 g/mol. The lowest BCUT2D eigenvalue weighted by molar-refractivity contribution is 0.310.